The summed E-state index contributed by atoms with van der Waals surface area (Å²) in [5.41, 5.74) is 0. The molecule has 0 aromatic carbocycles. The molecule has 0 spiro atoms. The largest absolute Gasteiger partial charge is 0.419 e. The van der Waals surface area contributed by atoms with Gasteiger partial charge in [0.25, 0.3) is 0 Å². The normalized spacial score (nSPS) is 15.3. The highest BCUT2D eigenvalue weighted by atomic mass is 32.1. The smallest absolute Gasteiger partial charge is 0.237 e. The van der Waals surface area contributed by atoms with Gasteiger partial charge in [-0.1, -0.05) is 0 Å². The Labute approximate surface area is 62.0 Å². The van der Waals surface area contributed by atoms with E-state index in [-0.39, 0.29) is 12.2 Å². The van der Waals surface area contributed by atoms with E-state index in [9.17, 15) is 17.6 Å². The summed E-state index contributed by atoms with van der Waals surface area (Å²) in [5.74, 6) is 0.288. The number of thiol groups is 1. The van der Waals surface area contributed by atoms with Crippen LogP contribution in [0.1, 0.15) is 12.8 Å². The first-order valence-electron chi connectivity index (χ1n) is 2.80. The van der Waals surface area contributed by atoms with Crippen molar-refractivity contribution in [2.24, 2.45) is 0 Å². The molecule has 10 heavy (non-hydrogen) atoms. The van der Waals surface area contributed by atoms with Gasteiger partial charge >= 0.3 is 6.18 Å². The van der Waals surface area contributed by atoms with E-state index in [1.165, 1.54) is 0 Å². The van der Waals surface area contributed by atoms with Crippen LogP contribution in [0.2, 0.25) is 0 Å². The first-order valence-corrected chi connectivity index (χ1v) is 3.43. The average Bonchev–Trinajstić information content (AvgIpc) is 1.80. The maximum atomic E-state index is 11.9. The van der Waals surface area contributed by atoms with E-state index in [0.29, 0.717) is 0 Å². The van der Waals surface area contributed by atoms with E-state index < -0.39 is 18.8 Å². The molecule has 0 aliphatic rings. The molecule has 0 saturated carbocycles. The van der Waals surface area contributed by atoms with Crippen molar-refractivity contribution in [1.82, 2.24) is 0 Å². The predicted molar refractivity (Wildman–Crippen MR) is 34.0 cm³/mol. The summed E-state index contributed by atoms with van der Waals surface area (Å²) in [4.78, 5) is 0. The maximum Gasteiger partial charge on any atom is 0.419 e. The molecular formula is C5H8F4S. The van der Waals surface area contributed by atoms with Crippen LogP contribution in [0.3, 0.4) is 0 Å². The fourth-order valence-corrected chi connectivity index (χ4v) is 0.617. The molecule has 0 radical (unpaired) electrons. The van der Waals surface area contributed by atoms with Crippen molar-refractivity contribution in [3.05, 3.63) is 0 Å². The molecule has 0 aliphatic carbocycles. The summed E-state index contributed by atoms with van der Waals surface area (Å²) in [5, 5.41) is 0. The van der Waals surface area contributed by atoms with Gasteiger partial charge in [-0.2, -0.15) is 25.8 Å². The summed E-state index contributed by atoms with van der Waals surface area (Å²) in [7, 11) is 0. The van der Waals surface area contributed by atoms with Gasteiger partial charge in [0.1, 0.15) is 0 Å². The van der Waals surface area contributed by atoms with Crippen molar-refractivity contribution < 1.29 is 17.6 Å². The Morgan fingerprint density at radius 1 is 1.30 bits per heavy atom. The molecule has 0 N–H and O–H groups in total. The van der Waals surface area contributed by atoms with Crippen LogP contribution in [0.15, 0.2) is 0 Å². The standard InChI is InChI=1S/C5H8F4S/c6-4(2-1-3-10)5(7,8)9/h4,10H,1-3H2. The lowest BCUT2D eigenvalue weighted by atomic mass is 10.2. The number of halogens is 4. The molecule has 0 bridgehead atoms. The fraction of sp³-hybridized carbons (Fsp3) is 1.00. The van der Waals surface area contributed by atoms with Gasteiger partial charge in [0.05, 0.1) is 0 Å². The molecule has 0 aromatic rings. The first-order chi connectivity index (χ1) is 4.48. The summed E-state index contributed by atoms with van der Waals surface area (Å²) in [6.45, 7) is 0. The second-order valence-electron chi connectivity index (χ2n) is 1.87. The zero-order valence-corrected chi connectivity index (χ0v) is 6.05. The lowest BCUT2D eigenvalue weighted by molar-refractivity contribution is -0.181. The Balaban J connectivity index is 3.52. The second-order valence-corrected chi connectivity index (χ2v) is 2.32. The third kappa shape index (κ3) is 3.98. The minimum atomic E-state index is -4.69. The highest BCUT2D eigenvalue weighted by Gasteiger charge is 2.39. The highest BCUT2D eigenvalue weighted by Crippen LogP contribution is 2.25. The van der Waals surface area contributed by atoms with Crippen LogP contribution >= 0.6 is 12.6 Å². The highest BCUT2D eigenvalue weighted by molar-refractivity contribution is 7.80. The van der Waals surface area contributed by atoms with E-state index in [0.717, 1.165) is 0 Å². The maximum absolute atomic E-state index is 11.9. The second kappa shape index (κ2) is 4.05. The average molecular weight is 176 g/mol. The van der Waals surface area contributed by atoms with Crippen LogP contribution in [0.4, 0.5) is 17.6 Å². The zero-order valence-electron chi connectivity index (χ0n) is 5.16. The summed E-state index contributed by atoms with van der Waals surface area (Å²) in [6.07, 6.45) is -7.70. The monoisotopic (exact) mass is 176 g/mol. The topological polar surface area (TPSA) is 0 Å². The van der Waals surface area contributed by atoms with Crippen LogP contribution in [0.5, 0.6) is 0 Å². The molecule has 0 nitrogen and oxygen atoms in total. The number of rotatable bonds is 3. The lowest BCUT2D eigenvalue weighted by Gasteiger charge is -2.10. The van der Waals surface area contributed by atoms with E-state index >= 15 is 0 Å². The van der Waals surface area contributed by atoms with Crippen molar-refractivity contribution in [3.8, 4) is 0 Å². The van der Waals surface area contributed by atoms with Gasteiger partial charge < -0.3 is 0 Å². The fourth-order valence-electron chi connectivity index (χ4n) is 0.434. The molecule has 0 aromatic heterocycles. The molecule has 1 unspecified atom stereocenters. The van der Waals surface area contributed by atoms with Crippen LogP contribution in [-0.4, -0.2) is 18.1 Å². The zero-order chi connectivity index (χ0) is 8.20. The molecule has 5 heteroatoms. The molecule has 62 valence electrons. The third-order valence-electron chi connectivity index (χ3n) is 0.971. The van der Waals surface area contributed by atoms with Gasteiger partial charge in [-0.3, -0.25) is 0 Å². The SMILES string of the molecule is FC(CCCS)C(F)(F)F. The minimum absolute atomic E-state index is 0.157. The van der Waals surface area contributed by atoms with Crippen LogP contribution in [0.25, 0.3) is 0 Å². The Hall–Kier alpha value is 0.0700. The molecule has 0 saturated heterocycles. The van der Waals surface area contributed by atoms with Crippen molar-refractivity contribution in [2.75, 3.05) is 5.75 Å². The van der Waals surface area contributed by atoms with Gasteiger partial charge in [0.2, 0.25) is 0 Å². The first kappa shape index (κ1) is 10.1. The Morgan fingerprint density at radius 3 is 2.10 bits per heavy atom. The number of alkyl halides is 4. The molecular weight excluding hydrogens is 168 g/mol. The Kier molecular flexibility index (Phi) is 4.08. The van der Waals surface area contributed by atoms with Crippen molar-refractivity contribution >= 4 is 12.6 Å². The molecule has 0 rings (SSSR count). The van der Waals surface area contributed by atoms with Gasteiger partial charge in [-0.25, -0.2) is 4.39 Å². The summed E-state index contributed by atoms with van der Waals surface area (Å²) < 4.78 is 46.1. The van der Waals surface area contributed by atoms with Crippen LogP contribution in [-0.2, 0) is 0 Å². The van der Waals surface area contributed by atoms with E-state index in [2.05, 4.69) is 12.6 Å². The van der Waals surface area contributed by atoms with Crippen LogP contribution in [0, 0.1) is 0 Å². The molecule has 0 amide bonds. The number of hydrogen-bond acceptors (Lipinski definition) is 1. The van der Waals surface area contributed by atoms with Crippen molar-refractivity contribution in [1.29, 1.82) is 0 Å². The van der Waals surface area contributed by atoms with Crippen molar-refractivity contribution in [2.45, 2.75) is 25.2 Å². The molecule has 0 heterocycles. The van der Waals surface area contributed by atoms with E-state index in [1.54, 1.807) is 0 Å². The van der Waals surface area contributed by atoms with Crippen LogP contribution < -0.4 is 0 Å². The third-order valence-corrected chi connectivity index (χ3v) is 1.29. The van der Waals surface area contributed by atoms with Crippen molar-refractivity contribution in [3.63, 3.8) is 0 Å². The predicted octanol–water partition coefficient (Wildman–Crippen LogP) is 2.60. The minimum Gasteiger partial charge on any atom is -0.237 e. The van der Waals surface area contributed by atoms with E-state index in [1.807, 2.05) is 0 Å². The van der Waals surface area contributed by atoms with Gasteiger partial charge in [-0.15, -0.1) is 0 Å². The molecule has 1 atom stereocenters. The van der Waals surface area contributed by atoms with Gasteiger partial charge in [-0.05, 0) is 18.6 Å². The Bertz CT molecular complexity index is 90.1. The quantitative estimate of drug-likeness (QED) is 0.496. The Morgan fingerprint density at radius 2 is 1.80 bits per heavy atom. The van der Waals surface area contributed by atoms with Gasteiger partial charge in [0.15, 0.2) is 6.17 Å². The molecule has 0 fully saturated rings. The molecule has 0 aliphatic heterocycles. The summed E-state index contributed by atoms with van der Waals surface area (Å²) in [6, 6.07) is 0. The summed E-state index contributed by atoms with van der Waals surface area (Å²) >= 11 is 3.66. The van der Waals surface area contributed by atoms with E-state index in [4.69, 9.17) is 0 Å². The number of hydrogen-bond donors (Lipinski definition) is 1. The van der Waals surface area contributed by atoms with Gasteiger partial charge in [0, 0.05) is 0 Å². The lowest BCUT2D eigenvalue weighted by Crippen LogP contribution is -2.24.